The zero-order valence-corrected chi connectivity index (χ0v) is 18.4. The number of ether oxygens (including phenoxy) is 1. The average molecular weight is 446 g/mol. The molecule has 1 aliphatic rings. The van der Waals surface area contributed by atoms with E-state index in [-0.39, 0.29) is 18.4 Å². The van der Waals surface area contributed by atoms with E-state index in [1.165, 1.54) is 0 Å². The third-order valence-corrected chi connectivity index (χ3v) is 5.58. The van der Waals surface area contributed by atoms with Gasteiger partial charge in [0, 0.05) is 36.8 Å². The topological polar surface area (TPSA) is 96.6 Å². The van der Waals surface area contributed by atoms with E-state index < -0.39 is 12.1 Å². The molecule has 0 bridgehead atoms. The number of amides is 1. The number of aliphatic hydroxyl groups excluding tert-OH is 2. The Bertz CT molecular complexity index is 1140. The van der Waals surface area contributed by atoms with E-state index in [0.717, 1.165) is 22.4 Å². The van der Waals surface area contributed by atoms with Gasteiger partial charge < -0.3 is 24.8 Å². The van der Waals surface area contributed by atoms with Crippen LogP contribution in [0.25, 0.3) is 11.1 Å². The molecule has 1 aromatic heterocycles. The van der Waals surface area contributed by atoms with Gasteiger partial charge in [-0.2, -0.15) is 0 Å². The summed E-state index contributed by atoms with van der Waals surface area (Å²) in [4.78, 5) is 15.4. The van der Waals surface area contributed by atoms with E-state index in [1.54, 1.807) is 23.9 Å². The molecule has 1 amide bonds. The Hall–Kier alpha value is -3.60. The molecule has 33 heavy (non-hydrogen) atoms. The predicted octanol–water partition coefficient (Wildman–Crippen LogP) is 2.70. The lowest BCUT2D eigenvalue weighted by Gasteiger charge is -2.14. The molecule has 4 rings (SSSR count). The normalized spacial score (nSPS) is 17.1. The molecular formula is C26H27N3O4. The predicted molar refractivity (Wildman–Crippen MR) is 124 cm³/mol. The van der Waals surface area contributed by atoms with Crippen LogP contribution < -0.4 is 10.1 Å². The second kappa shape index (κ2) is 10.3. The number of hydrogen-bond acceptors (Lipinski definition) is 5. The summed E-state index contributed by atoms with van der Waals surface area (Å²) in [7, 11) is 0. The fourth-order valence-corrected chi connectivity index (χ4v) is 3.77. The molecule has 3 N–H and O–H groups in total. The highest BCUT2D eigenvalue weighted by atomic mass is 16.5. The summed E-state index contributed by atoms with van der Waals surface area (Å²) in [5.74, 6) is 7.72. The highest BCUT2D eigenvalue weighted by Crippen LogP contribution is 2.24. The molecule has 3 atom stereocenters. The van der Waals surface area contributed by atoms with Crippen LogP contribution in [0, 0.1) is 17.8 Å². The zero-order chi connectivity index (χ0) is 23.2. The van der Waals surface area contributed by atoms with Gasteiger partial charge in [0.15, 0.2) is 0 Å². The van der Waals surface area contributed by atoms with Gasteiger partial charge in [0.2, 0.25) is 5.91 Å². The van der Waals surface area contributed by atoms with Gasteiger partial charge in [-0.1, -0.05) is 36.1 Å². The molecule has 1 saturated heterocycles. The smallest absolute Gasteiger partial charge is 0.220 e. The third kappa shape index (κ3) is 5.61. The maximum Gasteiger partial charge on any atom is 0.220 e. The number of imidazole rings is 1. The Labute approximate surface area is 193 Å². The van der Waals surface area contributed by atoms with Crippen molar-refractivity contribution in [1.82, 2.24) is 14.9 Å². The van der Waals surface area contributed by atoms with E-state index in [1.807, 2.05) is 48.5 Å². The van der Waals surface area contributed by atoms with Crippen LogP contribution in [-0.2, 0) is 4.79 Å². The van der Waals surface area contributed by atoms with Gasteiger partial charge in [-0.15, -0.1) is 0 Å². The quantitative estimate of drug-likeness (QED) is 0.486. The van der Waals surface area contributed by atoms with Gasteiger partial charge in [0.1, 0.15) is 23.7 Å². The van der Waals surface area contributed by atoms with Crippen LogP contribution in [0.3, 0.4) is 0 Å². The highest BCUT2D eigenvalue weighted by Gasteiger charge is 2.21. The van der Waals surface area contributed by atoms with Gasteiger partial charge >= 0.3 is 0 Å². The summed E-state index contributed by atoms with van der Waals surface area (Å²) in [6.07, 6.45) is 3.08. The van der Waals surface area contributed by atoms with Crippen molar-refractivity contribution in [3.8, 4) is 28.7 Å². The van der Waals surface area contributed by atoms with Crippen molar-refractivity contribution in [2.24, 2.45) is 5.92 Å². The molecule has 0 spiro atoms. The van der Waals surface area contributed by atoms with Crippen molar-refractivity contribution in [2.75, 3.05) is 19.8 Å². The van der Waals surface area contributed by atoms with Crippen molar-refractivity contribution in [2.45, 2.75) is 25.5 Å². The van der Waals surface area contributed by atoms with Crippen molar-refractivity contribution in [1.29, 1.82) is 0 Å². The summed E-state index contributed by atoms with van der Waals surface area (Å²) in [5.41, 5.74) is 2.95. The molecule has 0 saturated carbocycles. The van der Waals surface area contributed by atoms with Gasteiger partial charge in [-0.3, -0.25) is 4.79 Å². The van der Waals surface area contributed by atoms with E-state index in [0.29, 0.717) is 25.4 Å². The molecular weight excluding hydrogens is 418 g/mol. The Morgan fingerprint density at radius 1 is 1.18 bits per heavy atom. The van der Waals surface area contributed by atoms with Crippen LogP contribution in [0.1, 0.15) is 36.9 Å². The molecule has 170 valence electrons. The number of aromatic nitrogens is 2. The lowest BCUT2D eigenvalue weighted by atomic mass is 10.0. The summed E-state index contributed by atoms with van der Waals surface area (Å²) < 4.78 is 7.51. The van der Waals surface area contributed by atoms with Crippen molar-refractivity contribution >= 4 is 5.91 Å². The molecule has 1 aliphatic heterocycles. The minimum Gasteiger partial charge on any atom is -0.493 e. The number of aliphatic hydroxyl groups is 2. The van der Waals surface area contributed by atoms with E-state index in [9.17, 15) is 15.0 Å². The number of hydrogen-bond donors (Lipinski definition) is 3. The lowest BCUT2D eigenvalue weighted by Crippen LogP contribution is -2.16. The second-order valence-electron chi connectivity index (χ2n) is 8.12. The van der Waals surface area contributed by atoms with E-state index in [2.05, 4.69) is 22.1 Å². The van der Waals surface area contributed by atoms with Crippen molar-refractivity contribution in [3.63, 3.8) is 0 Å². The first kappa shape index (κ1) is 22.6. The van der Waals surface area contributed by atoms with E-state index >= 15 is 0 Å². The van der Waals surface area contributed by atoms with Gasteiger partial charge in [0.25, 0.3) is 0 Å². The number of nitrogens with one attached hydrogen (secondary N) is 1. The first-order valence-corrected chi connectivity index (χ1v) is 11.0. The van der Waals surface area contributed by atoms with Crippen LogP contribution in [-0.4, -0.2) is 45.4 Å². The summed E-state index contributed by atoms with van der Waals surface area (Å²) in [5, 5.41) is 22.4. The first-order chi connectivity index (χ1) is 16.0. The zero-order valence-electron chi connectivity index (χ0n) is 18.4. The fraction of sp³-hybridized carbons (Fsp3) is 0.308. The minimum atomic E-state index is -0.740. The second-order valence-corrected chi connectivity index (χ2v) is 8.12. The molecule has 1 fully saturated rings. The average Bonchev–Trinajstić information content (AvgIpc) is 3.48. The molecule has 3 aromatic rings. The number of rotatable bonds is 7. The molecule has 7 heteroatoms. The number of benzene rings is 2. The van der Waals surface area contributed by atoms with Crippen LogP contribution in [0.15, 0.2) is 60.9 Å². The minimum absolute atomic E-state index is 0.0882. The molecule has 7 nitrogen and oxygen atoms in total. The highest BCUT2D eigenvalue weighted by molar-refractivity contribution is 5.78. The number of carbonyl (C=O) groups excluding carboxylic acids is 1. The maximum atomic E-state index is 11.3. The summed E-state index contributed by atoms with van der Waals surface area (Å²) in [6.45, 7) is 2.66. The lowest BCUT2D eigenvalue weighted by molar-refractivity contribution is -0.119. The van der Waals surface area contributed by atoms with Crippen molar-refractivity contribution in [3.05, 3.63) is 72.3 Å². The van der Waals surface area contributed by atoms with Crippen LogP contribution in [0.2, 0.25) is 0 Å². The van der Waals surface area contributed by atoms with Gasteiger partial charge in [0.05, 0.1) is 13.2 Å². The SMILES string of the molecule is C[C@H](O)c1nccn1[C@@H](C#Cc1ccc(-c2ccc(OC[C@H]3CNC(=O)C3)cc2)cc1)CO. The molecule has 0 aliphatic carbocycles. The Kier molecular flexibility index (Phi) is 7.08. The number of nitrogens with zero attached hydrogens (tertiary/aromatic N) is 2. The van der Waals surface area contributed by atoms with Crippen LogP contribution in [0.5, 0.6) is 5.75 Å². The summed E-state index contributed by atoms with van der Waals surface area (Å²) in [6, 6.07) is 15.3. The van der Waals surface area contributed by atoms with Crippen molar-refractivity contribution < 1.29 is 19.7 Å². The summed E-state index contributed by atoms with van der Waals surface area (Å²) >= 11 is 0. The maximum absolute atomic E-state index is 11.3. The third-order valence-electron chi connectivity index (χ3n) is 5.58. The van der Waals surface area contributed by atoms with Crippen LogP contribution in [0.4, 0.5) is 0 Å². The Balaban J connectivity index is 1.39. The molecule has 2 heterocycles. The van der Waals surface area contributed by atoms with Gasteiger partial charge in [-0.25, -0.2) is 4.98 Å². The standard InChI is InChI=1S/C26H27N3O4/c1-18(31)26-27-12-13-29(26)23(16-30)9-4-19-2-5-21(6-3-19)22-7-10-24(11-8-22)33-17-20-14-25(32)28-15-20/h2-3,5-8,10-13,18,20,23,30-31H,14-17H2,1H3,(H,28,32)/t18-,20+,23-/m0/s1. The molecule has 0 unspecified atom stereocenters. The number of carbonyl (C=O) groups is 1. The Morgan fingerprint density at radius 2 is 1.88 bits per heavy atom. The first-order valence-electron chi connectivity index (χ1n) is 11.0. The Morgan fingerprint density at radius 3 is 2.48 bits per heavy atom. The molecule has 0 radical (unpaired) electrons. The monoisotopic (exact) mass is 445 g/mol. The van der Waals surface area contributed by atoms with Crippen LogP contribution >= 0.6 is 0 Å². The fourth-order valence-electron chi connectivity index (χ4n) is 3.77. The van der Waals surface area contributed by atoms with Gasteiger partial charge in [-0.05, 0) is 42.3 Å². The van der Waals surface area contributed by atoms with E-state index in [4.69, 9.17) is 4.74 Å². The molecule has 2 aromatic carbocycles. The largest absolute Gasteiger partial charge is 0.493 e.